The van der Waals surface area contributed by atoms with Crippen molar-refractivity contribution in [3.63, 3.8) is 0 Å². The van der Waals surface area contributed by atoms with Crippen LogP contribution in [-0.4, -0.2) is 62.9 Å². The molecule has 2 aliphatic rings. The Morgan fingerprint density at radius 3 is 2.85 bits per heavy atom. The summed E-state index contributed by atoms with van der Waals surface area (Å²) in [7, 11) is 0. The maximum absolute atomic E-state index is 5.66. The SMILES string of the molecule is CC1(C)CN(c2ccc(Nc3ncc4c5ccncc5n([C@@H]5CCOC5)c4n3)nc2)CCN1. The van der Waals surface area contributed by atoms with Gasteiger partial charge in [0.15, 0.2) is 0 Å². The summed E-state index contributed by atoms with van der Waals surface area (Å²) < 4.78 is 7.91. The van der Waals surface area contributed by atoms with Gasteiger partial charge in [0.05, 0.1) is 36.2 Å². The van der Waals surface area contributed by atoms with Crippen LogP contribution in [0.1, 0.15) is 26.3 Å². The summed E-state index contributed by atoms with van der Waals surface area (Å²) >= 11 is 0. The third-order valence-electron chi connectivity index (χ3n) is 6.54. The third-order valence-corrected chi connectivity index (χ3v) is 6.54. The number of rotatable bonds is 4. The normalized spacial score (nSPS) is 20.5. The molecule has 2 saturated heterocycles. The fraction of sp³-hybridized carbons (Fsp3) is 0.417. The first-order chi connectivity index (χ1) is 16.1. The lowest BCUT2D eigenvalue weighted by Gasteiger charge is -2.40. The van der Waals surface area contributed by atoms with Crippen molar-refractivity contribution in [1.29, 1.82) is 0 Å². The van der Waals surface area contributed by atoms with Crippen LogP contribution < -0.4 is 15.5 Å². The Labute approximate surface area is 192 Å². The topological polar surface area (TPSA) is 93.0 Å². The molecule has 6 rings (SSSR count). The Bertz CT molecular complexity index is 1290. The predicted octanol–water partition coefficient (Wildman–Crippen LogP) is 3.27. The molecule has 33 heavy (non-hydrogen) atoms. The van der Waals surface area contributed by atoms with Crippen molar-refractivity contribution in [1.82, 2.24) is 29.8 Å². The predicted molar refractivity (Wildman–Crippen MR) is 129 cm³/mol. The highest BCUT2D eigenvalue weighted by molar-refractivity contribution is 6.06. The lowest BCUT2D eigenvalue weighted by atomic mass is 10.0. The average molecular weight is 445 g/mol. The second-order valence-corrected chi connectivity index (χ2v) is 9.47. The van der Waals surface area contributed by atoms with Crippen molar-refractivity contribution >= 4 is 39.4 Å². The van der Waals surface area contributed by atoms with Gasteiger partial charge in [-0.25, -0.2) is 9.97 Å². The van der Waals surface area contributed by atoms with Crippen molar-refractivity contribution < 1.29 is 4.74 Å². The van der Waals surface area contributed by atoms with Crippen LogP contribution in [0.5, 0.6) is 0 Å². The van der Waals surface area contributed by atoms with E-state index in [1.54, 1.807) is 0 Å². The highest BCUT2D eigenvalue weighted by Crippen LogP contribution is 2.33. The molecule has 2 N–H and O–H groups in total. The van der Waals surface area contributed by atoms with E-state index in [9.17, 15) is 0 Å². The second kappa shape index (κ2) is 7.93. The summed E-state index contributed by atoms with van der Waals surface area (Å²) in [5.74, 6) is 1.25. The number of nitrogens with one attached hydrogen (secondary N) is 2. The summed E-state index contributed by atoms with van der Waals surface area (Å²) in [5, 5.41) is 8.96. The van der Waals surface area contributed by atoms with E-state index in [1.807, 2.05) is 36.9 Å². The van der Waals surface area contributed by atoms with E-state index in [0.29, 0.717) is 12.6 Å². The Kier molecular flexibility index (Phi) is 4.88. The van der Waals surface area contributed by atoms with Crippen LogP contribution in [0, 0.1) is 0 Å². The minimum absolute atomic E-state index is 0.0940. The molecule has 9 heteroatoms. The van der Waals surface area contributed by atoms with Crippen LogP contribution in [0.15, 0.2) is 43.0 Å². The maximum atomic E-state index is 5.66. The van der Waals surface area contributed by atoms with Gasteiger partial charge < -0.3 is 24.8 Å². The molecular formula is C24H28N8O. The van der Waals surface area contributed by atoms with E-state index in [2.05, 4.69) is 55.0 Å². The van der Waals surface area contributed by atoms with E-state index in [4.69, 9.17) is 9.72 Å². The standard InChI is InChI=1S/C24H28N8O/c1-24(2)15-31(9-8-28-24)16-3-4-21(26-11-16)29-23-27-12-19-18-5-7-25-13-20(18)32(22(19)30-23)17-6-10-33-14-17/h3-5,7,11-13,17,28H,6,8-10,14-15H2,1-2H3,(H,26,27,29,30)/t17-/m1/s1. The number of aromatic nitrogens is 5. The number of anilines is 3. The Morgan fingerprint density at radius 2 is 2.06 bits per heavy atom. The highest BCUT2D eigenvalue weighted by Gasteiger charge is 2.26. The first kappa shape index (κ1) is 20.3. The number of hydrogen-bond acceptors (Lipinski definition) is 8. The largest absolute Gasteiger partial charge is 0.379 e. The van der Waals surface area contributed by atoms with Crippen LogP contribution in [0.4, 0.5) is 17.5 Å². The van der Waals surface area contributed by atoms with Gasteiger partial charge in [-0.2, -0.15) is 4.98 Å². The first-order valence-corrected chi connectivity index (χ1v) is 11.5. The molecule has 4 aromatic rings. The molecule has 9 nitrogen and oxygen atoms in total. The molecule has 1 atom stereocenters. The summed E-state index contributed by atoms with van der Waals surface area (Å²) in [6, 6.07) is 6.37. The number of pyridine rings is 2. The molecule has 0 unspecified atom stereocenters. The molecule has 6 heterocycles. The Balaban J connectivity index is 1.30. The van der Waals surface area contributed by atoms with Crippen LogP contribution >= 0.6 is 0 Å². The fourth-order valence-electron chi connectivity index (χ4n) is 4.95. The highest BCUT2D eigenvalue weighted by atomic mass is 16.5. The van der Waals surface area contributed by atoms with Crippen LogP contribution in [0.3, 0.4) is 0 Å². The van der Waals surface area contributed by atoms with E-state index in [1.165, 1.54) is 0 Å². The number of nitrogens with zero attached hydrogens (tertiary/aromatic N) is 6. The maximum Gasteiger partial charge on any atom is 0.230 e. The average Bonchev–Trinajstić information content (AvgIpc) is 3.44. The van der Waals surface area contributed by atoms with E-state index >= 15 is 0 Å². The summed E-state index contributed by atoms with van der Waals surface area (Å²) in [5.41, 5.74) is 3.18. The summed E-state index contributed by atoms with van der Waals surface area (Å²) in [4.78, 5) is 20.8. The molecule has 0 bridgehead atoms. The fourth-order valence-corrected chi connectivity index (χ4v) is 4.95. The molecule has 0 spiro atoms. The Morgan fingerprint density at radius 1 is 1.12 bits per heavy atom. The smallest absolute Gasteiger partial charge is 0.230 e. The lowest BCUT2D eigenvalue weighted by Crippen LogP contribution is -2.57. The summed E-state index contributed by atoms with van der Waals surface area (Å²) in [6.45, 7) is 8.80. The quantitative estimate of drug-likeness (QED) is 0.495. The van der Waals surface area contributed by atoms with Crippen LogP contribution in [0.25, 0.3) is 21.9 Å². The number of ether oxygens (including phenoxy) is 1. The van der Waals surface area contributed by atoms with Gasteiger partial charge in [0, 0.05) is 54.9 Å². The Hall–Kier alpha value is -3.30. The molecule has 2 aliphatic heterocycles. The van der Waals surface area contributed by atoms with Gasteiger partial charge in [0.1, 0.15) is 11.5 Å². The molecule has 2 fully saturated rings. The molecule has 0 radical (unpaired) electrons. The molecule has 170 valence electrons. The number of piperazine rings is 1. The van der Waals surface area contributed by atoms with Crippen LogP contribution in [-0.2, 0) is 4.74 Å². The van der Waals surface area contributed by atoms with Crippen molar-refractivity contribution in [2.75, 3.05) is 43.1 Å². The zero-order valence-corrected chi connectivity index (χ0v) is 19.0. The molecule has 0 amide bonds. The van der Waals surface area contributed by atoms with Crippen molar-refractivity contribution in [2.45, 2.75) is 31.8 Å². The van der Waals surface area contributed by atoms with Crippen molar-refractivity contribution in [2.24, 2.45) is 0 Å². The zero-order valence-electron chi connectivity index (χ0n) is 19.0. The van der Waals surface area contributed by atoms with Gasteiger partial charge in [-0.15, -0.1) is 0 Å². The van der Waals surface area contributed by atoms with Gasteiger partial charge in [0.25, 0.3) is 0 Å². The van der Waals surface area contributed by atoms with Gasteiger partial charge in [-0.3, -0.25) is 4.98 Å². The van der Waals surface area contributed by atoms with Crippen molar-refractivity contribution in [3.8, 4) is 0 Å². The first-order valence-electron chi connectivity index (χ1n) is 11.5. The second-order valence-electron chi connectivity index (χ2n) is 9.47. The number of hydrogen-bond donors (Lipinski definition) is 2. The van der Waals surface area contributed by atoms with Crippen molar-refractivity contribution in [3.05, 3.63) is 43.0 Å². The van der Waals surface area contributed by atoms with Gasteiger partial charge in [-0.1, -0.05) is 0 Å². The molecule has 0 aliphatic carbocycles. The zero-order chi connectivity index (χ0) is 22.4. The van der Waals surface area contributed by atoms with Gasteiger partial charge in [-0.05, 0) is 38.5 Å². The minimum Gasteiger partial charge on any atom is -0.379 e. The van der Waals surface area contributed by atoms with Crippen LogP contribution in [0.2, 0.25) is 0 Å². The van der Waals surface area contributed by atoms with E-state index in [0.717, 1.165) is 66.1 Å². The molecular weight excluding hydrogens is 416 g/mol. The minimum atomic E-state index is 0.0940. The van der Waals surface area contributed by atoms with Gasteiger partial charge in [0.2, 0.25) is 5.95 Å². The van der Waals surface area contributed by atoms with Gasteiger partial charge >= 0.3 is 0 Å². The van der Waals surface area contributed by atoms with E-state index < -0.39 is 0 Å². The monoisotopic (exact) mass is 444 g/mol. The van der Waals surface area contributed by atoms with E-state index in [-0.39, 0.29) is 11.6 Å². The number of fused-ring (bicyclic) bond motifs is 3. The summed E-state index contributed by atoms with van der Waals surface area (Å²) in [6.07, 6.45) is 8.48. The molecule has 0 saturated carbocycles. The lowest BCUT2D eigenvalue weighted by molar-refractivity contribution is 0.187. The molecule has 4 aromatic heterocycles. The third kappa shape index (κ3) is 3.77. The molecule has 0 aromatic carbocycles.